The van der Waals surface area contributed by atoms with E-state index >= 15 is 0 Å². The van der Waals surface area contributed by atoms with Gasteiger partial charge in [-0.15, -0.1) is 0 Å². The third-order valence-corrected chi connectivity index (χ3v) is 2.12. The molecule has 0 aromatic carbocycles. The van der Waals surface area contributed by atoms with E-state index in [1.807, 2.05) is 0 Å². The fraction of sp³-hybridized carbons (Fsp3) is 0.667. The van der Waals surface area contributed by atoms with E-state index in [0.717, 1.165) is 0 Å². The number of nitrogens with two attached hydrogens (primary N) is 1. The molecule has 16 heavy (non-hydrogen) atoms. The highest BCUT2D eigenvalue weighted by Crippen LogP contribution is 2.00. The van der Waals surface area contributed by atoms with Crippen LogP contribution in [0.3, 0.4) is 0 Å². The van der Waals surface area contributed by atoms with Crippen molar-refractivity contribution in [3.8, 4) is 0 Å². The van der Waals surface area contributed by atoms with Crippen molar-refractivity contribution in [2.75, 3.05) is 32.0 Å². The summed E-state index contributed by atoms with van der Waals surface area (Å²) >= 11 is 0. The SMILES string of the molecule is Nc1ccn(CCN(CCO)CC(F)F)n1. The second kappa shape index (κ2) is 6.39. The summed E-state index contributed by atoms with van der Waals surface area (Å²) in [6, 6.07) is 1.64. The number of halogens is 2. The topological polar surface area (TPSA) is 67.3 Å². The molecule has 0 aliphatic rings. The summed E-state index contributed by atoms with van der Waals surface area (Å²) in [4.78, 5) is 1.49. The minimum Gasteiger partial charge on any atom is -0.395 e. The first-order valence-electron chi connectivity index (χ1n) is 5.02. The van der Waals surface area contributed by atoms with Crippen molar-refractivity contribution in [3.63, 3.8) is 0 Å². The number of hydrogen-bond donors (Lipinski definition) is 2. The number of aliphatic hydroxyl groups is 1. The van der Waals surface area contributed by atoms with Gasteiger partial charge in [0.15, 0.2) is 0 Å². The quantitative estimate of drug-likeness (QED) is 0.698. The lowest BCUT2D eigenvalue weighted by molar-refractivity contribution is 0.0760. The van der Waals surface area contributed by atoms with Crippen molar-refractivity contribution in [3.05, 3.63) is 12.3 Å². The first kappa shape index (κ1) is 12.9. The van der Waals surface area contributed by atoms with Crippen molar-refractivity contribution in [2.45, 2.75) is 13.0 Å². The van der Waals surface area contributed by atoms with Gasteiger partial charge < -0.3 is 10.8 Å². The number of hydrogen-bond acceptors (Lipinski definition) is 4. The summed E-state index contributed by atoms with van der Waals surface area (Å²) < 4.78 is 25.9. The third kappa shape index (κ3) is 4.54. The molecule has 0 unspecified atom stereocenters. The van der Waals surface area contributed by atoms with Crippen LogP contribution in [0.2, 0.25) is 0 Å². The fourth-order valence-electron chi connectivity index (χ4n) is 1.38. The average molecular weight is 234 g/mol. The molecule has 0 amide bonds. The minimum absolute atomic E-state index is 0.131. The number of alkyl halides is 2. The van der Waals surface area contributed by atoms with Crippen LogP contribution in [0.25, 0.3) is 0 Å². The summed E-state index contributed by atoms with van der Waals surface area (Å²) in [5, 5.41) is 12.7. The number of aliphatic hydroxyl groups excluding tert-OH is 1. The second-order valence-electron chi connectivity index (χ2n) is 3.42. The third-order valence-electron chi connectivity index (χ3n) is 2.12. The predicted octanol–water partition coefficient (Wildman–Crippen LogP) is 0.0247. The zero-order chi connectivity index (χ0) is 12.0. The molecule has 1 rings (SSSR count). The Morgan fingerprint density at radius 1 is 1.50 bits per heavy atom. The van der Waals surface area contributed by atoms with Crippen LogP contribution in [0.1, 0.15) is 0 Å². The van der Waals surface area contributed by atoms with Crippen LogP contribution in [0.15, 0.2) is 12.3 Å². The molecule has 0 bridgehead atoms. The number of nitrogens with zero attached hydrogens (tertiary/aromatic N) is 3. The van der Waals surface area contributed by atoms with Gasteiger partial charge in [0.1, 0.15) is 5.82 Å². The van der Waals surface area contributed by atoms with Crippen LogP contribution in [0, 0.1) is 0 Å². The lowest BCUT2D eigenvalue weighted by Crippen LogP contribution is -2.34. The maximum Gasteiger partial charge on any atom is 0.251 e. The van der Waals surface area contributed by atoms with Gasteiger partial charge in [0.25, 0.3) is 6.43 Å². The van der Waals surface area contributed by atoms with Crippen molar-refractivity contribution in [1.29, 1.82) is 0 Å². The first-order chi connectivity index (χ1) is 7.61. The van der Waals surface area contributed by atoms with E-state index in [0.29, 0.717) is 18.9 Å². The standard InChI is InChI=1S/C9H16F2N4O/c10-8(11)7-14(5-6-16)3-4-15-2-1-9(12)13-15/h1-2,8,16H,3-7H2,(H2,12,13). The minimum atomic E-state index is -2.39. The van der Waals surface area contributed by atoms with Crippen LogP contribution in [0.5, 0.6) is 0 Å². The molecule has 0 aliphatic carbocycles. The maximum atomic E-state index is 12.2. The molecule has 0 fully saturated rings. The summed E-state index contributed by atoms with van der Waals surface area (Å²) in [5.41, 5.74) is 5.42. The Kier molecular flexibility index (Phi) is 5.13. The second-order valence-corrected chi connectivity index (χ2v) is 3.42. The molecular formula is C9H16F2N4O. The molecule has 0 saturated heterocycles. The molecule has 0 saturated carbocycles. The highest BCUT2D eigenvalue weighted by atomic mass is 19.3. The summed E-state index contributed by atoms with van der Waals surface area (Å²) in [6.45, 7) is 0.655. The molecule has 5 nitrogen and oxygen atoms in total. The van der Waals surface area contributed by atoms with E-state index in [1.54, 1.807) is 16.9 Å². The maximum absolute atomic E-state index is 12.2. The Balaban J connectivity index is 2.36. The van der Waals surface area contributed by atoms with Crippen LogP contribution in [0.4, 0.5) is 14.6 Å². The molecule has 1 heterocycles. The van der Waals surface area contributed by atoms with Crippen molar-refractivity contribution in [1.82, 2.24) is 14.7 Å². The molecule has 0 spiro atoms. The number of nitrogen functional groups attached to an aromatic ring is 1. The summed E-state index contributed by atoms with van der Waals surface area (Å²) in [5.74, 6) is 0.405. The molecule has 7 heteroatoms. The predicted molar refractivity (Wildman–Crippen MR) is 56.2 cm³/mol. The monoisotopic (exact) mass is 234 g/mol. The van der Waals surface area contributed by atoms with Gasteiger partial charge in [-0.3, -0.25) is 9.58 Å². The fourth-order valence-corrected chi connectivity index (χ4v) is 1.38. The Morgan fingerprint density at radius 2 is 2.25 bits per heavy atom. The lowest BCUT2D eigenvalue weighted by atomic mass is 10.4. The molecule has 3 N–H and O–H groups in total. The Morgan fingerprint density at radius 3 is 2.75 bits per heavy atom. The van der Waals surface area contributed by atoms with Gasteiger partial charge in [0.2, 0.25) is 0 Å². The highest BCUT2D eigenvalue weighted by molar-refractivity contribution is 5.23. The molecule has 0 atom stereocenters. The Hall–Kier alpha value is -1.21. The van der Waals surface area contributed by atoms with Crippen LogP contribution in [-0.4, -0.2) is 52.5 Å². The van der Waals surface area contributed by atoms with Crippen LogP contribution < -0.4 is 5.73 Å². The van der Waals surface area contributed by atoms with Gasteiger partial charge in [-0.25, -0.2) is 8.78 Å². The molecule has 1 aromatic rings. The Bertz CT molecular complexity index is 305. The molecule has 0 aliphatic heterocycles. The van der Waals surface area contributed by atoms with Gasteiger partial charge in [0.05, 0.1) is 19.7 Å². The highest BCUT2D eigenvalue weighted by Gasteiger charge is 2.11. The number of anilines is 1. The van der Waals surface area contributed by atoms with Crippen LogP contribution in [-0.2, 0) is 6.54 Å². The number of rotatable bonds is 7. The van der Waals surface area contributed by atoms with Crippen molar-refractivity contribution < 1.29 is 13.9 Å². The smallest absolute Gasteiger partial charge is 0.251 e. The molecular weight excluding hydrogens is 218 g/mol. The van der Waals surface area contributed by atoms with Crippen LogP contribution >= 0.6 is 0 Å². The van der Waals surface area contributed by atoms with E-state index in [2.05, 4.69) is 5.10 Å². The van der Waals surface area contributed by atoms with E-state index in [-0.39, 0.29) is 19.7 Å². The molecule has 0 radical (unpaired) electrons. The van der Waals surface area contributed by atoms with Gasteiger partial charge in [-0.2, -0.15) is 5.10 Å². The summed E-state index contributed by atoms with van der Waals surface area (Å²) in [6.07, 6.45) is -0.705. The zero-order valence-electron chi connectivity index (χ0n) is 8.89. The van der Waals surface area contributed by atoms with Gasteiger partial charge in [-0.1, -0.05) is 0 Å². The first-order valence-corrected chi connectivity index (χ1v) is 5.02. The van der Waals surface area contributed by atoms with Crippen molar-refractivity contribution >= 4 is 5.82 Å². The average Bonchev–Trinajstić information content (AvgIpc) is 2.60. The van der Waals surface area contributed by atoms with E-state index in [1.165, 1.54) is 4.90 Å². The molecule has 92 valence electrons. The normalized spacial score (nSPS) is 11.6. The van der Waals surface area contributed by atoms with E-state index < -0.39 is 6.43 Å². The largest absolute Gasteiger partial charge is 0.395 e. The molecule has 1 aromatic heterocycles. The van der Waals surface area contributed by atoms with E-state index in [9.17, 15) is 8.78 Å². The van der Waals surface area contributed by atoms with Gasteiger partial charge >= 0.3 is 0 Å². The zero-order valence-corrected chi connectivity index (χ0v) is 8.89. The van der Waals surface area contributed by atoms with Crippen molar-refractivity contribution in [2.24, 2.45) is 0 Å². The number of aromatic nitrogens is 2. The Labute approximate surface area is 92.5 Å². The van der Waals surface area contributed by atoms with Gasteiger partial charge in [0, 0.05) is 19.3 Å². The lowest BCUT2D eigenvalue weighted by Gasteiger charge is -2.20. The van der Waals surface area contributed by atoms with Gasteiger partial charge in [-0.05, 0) is 6.07 Å². The summed E-state index contributed by atoms with van der Waals surface area (Å²) in [7, 11) is 0. The van der Waals surface area contributed by atoms with E-state index in [4.69, 9.17) is 10.8 Å².